The van der Waals surface area contributed by atoms with Gasteiger partial charge in [-0.1, -0.05) is 6.92 Å². The lowest BCUT2D eigenvalue weighted by molar-refractivity contribution is -0.126. The molecule has 0 fully saturated rings. The fraction of sp³-hybridized carbons (Fsp3) is 0.833. The molecule has 100 valence electrons. The molecule has 0 bridgehead atoms. The molecule has 0 radical (unpaired) electrons. The Morgan fingerprint density at radius 3 is 2.29 bits per heavy atom. The van der Waals surface area contributed by atoms with Crippen LogP contribution in [0.4, 0.5) is 4.79 Å². The van der Waals surface area contributed by atoms with Crippen molar-refractivity contribution in [2.75, 3.05) is 0 Å². The molecule has 1 amide bonds. The van der Waals surface area contributed by atoms with E-state index in [1.165, 1.54) is 6.92 Å². The molecule has 0 aliphatic heterocycles. The maximum Gasteiger partial charge on any atom is 0.408 e. The van der Waals surface area contributed by atoms with Gasteiger partial charge in [-0.3, -0.25) is 4.79 Å². The van der Waals surface area contributed by atoms with Crippen LogP contribution in [0.1, 0.15) is 52.0 Å². The molecule has 0 unspecified atom stereocenters. The maximum absolute atomic E-state index is 11.8. The molecule has 0 aliphatic rings. The van der Waals surface area contributed by atoms with Crippen LogP contribution >= 0.6 is 0 Å². The van der Waals surface area contributed by atoms with E-state index in [2.05, 4.69) is 5.32 Å². The van der Waals surface area contributed by atoms with Crippen molar-refractivity contribution in [1.82, 2.24) is 5.32 Å². The highest BCUT2D eigenvalue weighted by Gasteiger charge is 2.34. The van der Waals surface area contributed by atoms with Crippen LogP contribution in [0.2, 0.25) is 0 Å². The summed E-state index contributed by atoms with van der Waals surface area (Å²) < 4.78 is 26.9. The van der Waals surface area contributed by atoms with E-state index in [1.807, 2.05) is 0 Å². The second kappa shape index (κ2) is 5.49. The predicted octanol–water partition coefficient (Wildman–Crippen LogP) is 1.63. The Morgan fingerprint density at radius 2 is 1.94 bits per heavy atom. The summed E-state index contributed by atoms with van der Waals surface area (Å²) in [5, 5.41) is 12.3. The molecular formula is C12H23NO4. The van der Waals surface area contributed by atoms with Gasteiger partial charge in [0.25, 0.3) is 0 Å². The highest BCUT2D eigenvalue weighted by atomic mass is 16.6. The molecule has 2 N–H and O–H groups in total. The molecule has 0 aromatic rings. The zero-order valence-electron chi connectivity index (χ0n) is 14.0. The Bertz CT molecular complexity index is 372. The number of hydrogen-bond acceptors (Lipinski definition) is 4. The number of Topliss-reactive ketones (excluding diaryl/α,β-unsaturated/α-hetero) is 1. The lowest BCUT2D eigenvalue weighted by atomic mass is 9.94. The van der Waals surface area contributed by atoms with Crippen molar-refractivity contribution in [3.8, 4) is 0 Å². The van der Waals surface area contributed by atoms with Crippen molar-refractivity contribution in [3.63, 3.8) is 0 Å². The predicted molar refractivity (Wildman–Crippen MR) is 64.8 cm³/mol. The summed E-state index contributed by atoms with van der Waals surface area (Å²) in [6.07, 6.45) is -0.971. The van der Waals surface area contributed by atoms with Gasteiger partial charge in [0.2, 0.25) is 0 Å². The summed E-state index contributed by atoms with van der Waals surface area (Å²) in [5.74, 6) is -0.586. The topological polar surface area (TPSA) is 75.6 Å². The van der Waals surface area contributed by atoms with E-state index >= 15 is 0 Å². The highest BCUT2D eigenvalue weighted by Crippen LogP contribution is 2.13. The number of rotatable bonds is 4. The molecule has 2 atom stereocenters. The molecule has 0 heterocycles. The first-order chi connectivity index (χ1) is 8.72. The third-order valence-corrected chi connectivity index (χ3v) is 1.89. The number of nitrogens with one attached hydrogen (secondary N) is 1. The lowest BCUT2D eigenvalue weighted by Crippen LogP contribution is -2.54. The minimum absolute atomic E-state index is 0.0211. The van der Waals surface area contributed by atoms with Gasteiger partial charge < -0.3 is 15.2 Å². The smallest absolute Gasteiger partial charge is 0.408 e. The SMILES string of the molecule is [2H]C([2H])([2H])[C@@](C)(O)[C@H](NC(=O)OC(C)(C)C)C(=O)CC. The van der Waals surface area contributed by atoms with E-state index in [4.69, 9.17) is 8.85 Å². The normalized spacial score (nSPS) is 20.2. The van der Waals surface area contributed by atoms with Crippen molar-refractivity contribution in [3.05, 3.63) is 0 Å². The van der Waals surface area contributed by atoms with Gasteiger partial charge in [0.05, 0.1) is 5.60 Å². The van der Waals surface area contributed by atoms with Crippen LogP contribution < -0.4 is 5.32 Å². The Hall–Kier alpha value is -1.10. The summed E-state index contributed by atoms with van der Waals surface area (Å²) in [5.41, 5.74) is -3.17. The zero-order chi connectivity index (χ0) is 16.4. The van der Waals surface area contributed by atoms with E-state index in [0.717, 1.165) is 6.92 Å². The molecular weight excluding hydrogens is 222 g/mol. The van der Waals surface area contributed by atoms with Crippen LogP contribution in [-0.2, 0) is 9.53 Å². The number of amides is 1. The number of hydrogen-bond donors (Lipinski definition) is 2. The average Bonchev–Trinajstić information content (AvgIpc) is 2.20. The van der Waals surface area contributed by atoms with E-state index in [0.29, 0.717) is 0 Å². The van der Waals surface area contributed by atoms with E-state index in [-0.39, 0.29) is 6.42 Å². The van der Waals surface area contributed by atoms with Crippen LogP contribution in [0.25, 0.3) is 0 Å². The van der Waals surface area contributed by atoms with Gasteiger partial charge in [-0.15, -0.1) is 0 Å². The minimum atomic E-state index is -2.82. The number of ketones is 1. The standard InChI is InChI=1S/C12H23NO4/c1-7-8(14)9(12(5,6)16)13-10(15)17-11(2,3)4/h9,16H,7H2,1-6H3,(H,13,15)/t9-/m1/s1/i5D3/t9-,12+. The zero-order valence-corrected chi connectivity index (χ0v) is 11.0. The molecule has 0 aliphatic carbocycles. The number of carbonyl (C=O) groups is 2. The number of carbonyl (C=O) groups excluding carboxylic acids is 2. The Kier molecular flexibility index (Phi) is 3.56. The third kappa shape index (κ3) is 6.26. The van der Waals surface area contributed by atoms with Crippen molar-refractivity contribution < 1.29 is 23.5 Å². The number of aliphatic hydroxyl groups is 1. The molecule has 0 saturated heterocycles. The van der Waals surface area contributed by atoms with Gasteiger partial charge in [-0.2, -0.15) is 0 Å². The third-order valence-electron chi connectivity index (χ3n) is 1.89. The highest BCUT2D eigenvalue weighted by molar-refractivity contribution is 5.88. The summed E-state index contributed by atoms with van der Waals surface area (Å²) in [4.78, 5) is 23.5. The van der Waals surface area contributed by atoms with Crippen LogP contribution in [0.5, 0.6) is 0 Å². The summed E-state index contributed by atoms with van der Waals surface area (Å²) in [7, 11) is 0. The van der Waals surface area contributed by atoms with Crippen LogP contribution in [0.15, 0.2) is 0 Å². The molecule has 0 aromatic carbocycles. The monoisotopic (exact) mass is 248 g/mol. The summed E-state index contributed by atoms with van der Waals surface area (Å²) in [6, 6.07) is -1.56. The molecule has 0 rings (SSSR count). The number of ether oxygens (including phenoxy) is 1. The van der Waals surface area contributed by atoms with E-state index in [9.17, 15) is 14.7 Å². The van der Waals surface area contributed by atoms with Gasteiger partial charge >= 0.3 is 6.09 Å². The first-order valence-electron chi connectivity index (χ1n) is 6.97. The van der Waals surface area contributed by atoms with Gasteiger partial charge in [-0.05, 0) is 34.5 Å². The van der Waals surface area contributed by atoms with Crippen LogP contribution in [0, 0.1) is 0 Å². The van der Waals surface area contributed by atoms with Gasteiger partial charge in [0, 0.05) is 10.5 Å². The van der Waals surface area contributed by atoms with Gasteiger partial charge in [0.1, 0.15) is 11.6 Å². The molecule has 17 heavy (non-hydrogen) atoms. The number of alkyl carbamates (subject to hydrolysis) is 1. The van der Waals surface area contributed by atoms with Gasteiger partial charge in [-0.25, -0.2) is 4.79 Å². The Balaban J connectivity index is 5.21. The molecule has 0 saturated carbocycles. The van der Waals surface area contributed by atoms with Crippen molar-refractivity contribution >= 4 is 11.9 Å². The van der Waals surface area contributed by atoms with Crippen molar-refractivity contribution in [1.29, 1.82) is 0 Å². The molecule has 5 heteroatoms. The lowest BCUT2D eigenvalue weighted by Gasteiger charge is -2.30. The van der Waals surface area contributed by atoms with Crippen molar-refractivity contribution in [2.24, 2.45) is 0 Å². The molecule has 0 aromatic heterocycles. The first kappa shape index (κ1) is 11.0. The Morgan fingerprint density at radius 1 is 1.41 bits per heavy atom. The maximum atomic E-state index is 11.8. The minimum Gasteiger partial charge on any atom is -0.444 e. The summed E-state index contributed by atoms with van der Waals surface area (Å²) in [6.45, 7) is 4.58. The van der Waals surface area contributed by atoms with Crippen LogP contribution in [-0.4, -0.2) is 34.2 Å². The second-order valence-corrected chi connectivity index (χ2v) is 5.05. The van der Waals surface area contributed by atoms with E-state index in [1.54, 1.807) is 20.8 Å². The second-order valence-electron chi connectivity index (χ2n) is 5.05. The largest absolute Gasteiger partial charge is 0.444 e. The Labute approximate surface area is 107 Å². The van der Waals surface area contributed by atoms with E-state index < -0.39 is 36.0 Å². The summed E-state index contributed by atoms with van der Waals surface area (Å²) >= 11 is 0. The quantitative estimate of drug-likeness (QED) is 0.793. The van der Waals surface area contributed by atoms with Crippen LogP contribution in [0.3, 0.4) is 0 Å². The molecule has 0 spiro atoms. The average molecular weight is 248 g/mol. The van der Waals surface area contributed by atoms with Crippen molar-refractivity contribution in [2.45, 2.75) is 65.1 Å². The van der Waals surface area contributed by atoms with Gasteiger partial charge in [0.15, 0.2) is 5.78 Å². The fourth-order valence-corrected chi connectivity index (χ4v) is 1.16. The fourth-order valence-electron chi connectivity index (χ4n) is 1.16. The molecule has 5 nitrogen and oxygen atoms in total. The first-order valence-corrected chi connectivity index (χ1v) is 5.47.